The quantitative estimate of drug-likeness (QED) is 0.875. The van der Waals surface area contributed by atoms with Crippen LogP contribution in [0.1, 0.15) is 51.2 Å². The van der Waals surface area contributed by atoms with Crippen molar-refractivity contribution in [3.63, 3.8) is 0 Å². The van der Waals surface area contributed by atoms with Crippen molar-refractivity contribution in [1.29, 1.82) is 0 Å². The Kier molecular flexibility index (Phi) is 7.48. The molecule has 1 aliphatic rings. The summed E-state index contributed by atoms with van der Waals surface area (Å²) in [7, 11) is 0. The Balaban J connectivity index is 0.00000200. The average molecular weight is 303 g/mol. The Morgan fingerprint density at radius 3 is 2.60 bits per heavy atom. The lowest BCUT2D eigenvalue weighted by Gasteiger charge is -2.31. The van der Waals surface area contributed by atoms with Crippen LogP contribution in [0.25, 0.3) is 0 Å². The van der Waals surface area contributed by atoms with Crippen molar-refractivity contribution in [3.8, 4) is 0 Å². The monoisotopic (exact) mass is 302 g/mol. The molecule has 5 nitrogen and oxygen atoms in total. The first-order valence-electron chi connectivity index (χ1n) is 7.44. The van der Waals surface area contributed by atoms with E-state index >= 15 is 0 Å². The number of piperidine rings is 1. The molecule has 0 radical (unpaired) electrons. The Morgan fingerprint density at radius 2 is 2.05 bits per heavy atom. The zero-order valence-electron chi connectivity index (χ0n) is 12.8. The van der Waals surface area contributed by atoms with Gasteiger partial charge in [-0.3, -0.25) is 4.90 Å². The molecule has 0 atom stereocenters. The van der Waals surface area contributed by atoms with Crippen LogP contribution in [0.15, 0.2) is 4.52 Å². The van der Waals surface area contributed by atoms with Crippen LogP contribution < -0.4 is 5.32 Å². The average Bonchev–Trinajstić information content (AvgIpc) is 2.87. The predicted molar refractivity (Wildman–Crippen MR) is 82.2 cm³/mol. The Morgan fingerprint density at radius 1 is 1.35 bits per heavy atom. The molecule has 0 unspecified atom stereocenters. The first-order chi connectivity index (χ1) is 9.19. The molecule has 2 rings (SSSR count). The van der Waals surface area contributed by atoms with Crippen molar-refractivity contribution in [3.05, 3.63) is 11.7 Å². The summed E-state index contributed by atoms with van der Waals surface area (Å²) in [5.74, 6) is 2.71. The number of likely N-dealkylation sites (tertiary alicyclic amines) is 1. The van der Waals surface area contributed by atoms with E-state index in [1.54, 1.807) is 0 Å². The Labute approximate surface area is 127 Å². The highest BCUT2D eigenvalue weighted by Gasteiger charge is 2.20. The van der Waals surface area contributed by atoms with Gasteiger partial charge in [0.2, 0.25) is 5.89 Å². The second-order valence-electron chi connectivity index (χ2n) is 5.73. The summed E-state index contributed by atoms with van der Waals surface area (Å²) in [5, 5.41) is 7.50. The van der Waals surface area contributed by atoms with Crippen molar-refractivity contribution >= 4 is 12.4 Å². The zero-order chi connectivity index (χ0) is 13.7. The summed E-state index contributed by atoms with van der Waals surface area (Å²) < 4.78 is 5.24. The molecule has 1 saturated heterocycles. The van der Waals surface area contributed by atoms with Gasteiger partial charge in [0.15, 0.2) is 5.82 Å². The highest BCUT2D eigenvalue weighted by molar-refractivity contribution is 5.85. The molecule has 1 N–H and O–H groups in total. The van der Waals surface area contributed by atoms with E-state index < -0.39 is 0 Å². The largest absolute Gasteiger partial charge is 0.339 e. The topological polar surface area (TPSA) is 54.2 Å². The standard InChI is InChI=1S/C14H26N4O.ClH/c1-4-15-9-12-5-7-18(8-6-12)10-13-16-14(11(2)3)19-17-13;/h11-12,15H,4-10H2,1-3H3;1H. The van der Waals surface area contributed by atoms with Crippen LogP contribution in [0.5, 0.6) is 0 Å². The van der Waals surface area contributed by atoms with Crippen LogP contribution in [-0.4, -0.2) is 41.2 Å². The first-order valence-corrected chi connectivity index (χ1v) is 7.44. The number of aromatic nitrogens is 2. The van der Waals surface area contributed by atoms with Gasteiger partial charge in [-0.05, 0) is 44.9 Å². The van der Waals surface area contributed by atoms with Crippen LogP contribution >= 0.6 is 12.4 Å². The molecule has 0 amide bonds. The van der Waals surface area contributed by atoms with E-state index in [1.807, 2.05) is 0 Å². The van der Waals surface area contributed by atoms with Gasteiger partial charge in [-0.15, -0.1) is 12.4 Å². The SMILES string of the molecule is CCNCC1CCN(Cc2noc(C(C)C)n2)CC1.Cl. The number of halogens is 1. The maximum absolute atomic E-state index is 5.24. The van der Waals surface area contributed by atoms with Gasteiger partial charge >= 0.3 is 0 Å². The minimum Gasteiger partial charge on any atom is -0.339 e. The minimum absolute atomic E-state index is 0. The highest BCUT2D eigenvalue weighted by atomic mass is 35.5. The van der Waals surface area contributed by atoms with Crippen molar-refractivity contribution in [2.75, 3.05) is 26.2 Å². The van der Waals surface area contributed by atoms with Crippen LogP contribution in [0.3, 0.4) is 0 Å². The predicted octanol–water partition coefficient (Wildman–Crippen LogP) is 2.44. The van der Waals surface area contributed by atoms with Gasteiger partial charge in [-0.2, -0.15) is 4.98 Å². The van der Waals surface area contributed by atoms with Gasteiger partial charge in [0.1, 0.15) is 0 Å². The third kappa shape index (κ3) is 5.04. The van der Waals surface area contributed by atoms with E-state index in [0.717, 1.165) is 50.4 Å². The van der Waals surface area contributed by atoms with Gasteiger partial charge in [0.25, 0.3) is 0 Å². The van der Waals surface area contributed by atoms with Crippen LogP contribution in [0.2, 0.25) is 0 Å². The molecular weight excluding hydrogens is 276 g/mol. The van der Waals surface area contributed by atoms with E-state index in [1.165, 1.54) is 12.8 Å². The first kappa shape index (κ1) is 17.4. The molecule has 0 aliphatic carbocycles. The minimum atomic E-state index is 0. The van der Waals surface area contributed by atoms with Crippen LogP contribution in [0, 0.1) is 5.92 Å². The normalized spacial score (nSPS) is 17.4. The summed E-state index contributed by atoms with van der Waals surface area (Å²) in [6.45, 7) is 11.6. The molecule has 1 aliphatic heterocycles. The summed E-state index contributed by atoms with van der Waals surface area (Å²) in [5.41, 5.74) is 0. The van der Waals surface area contributed by atoms with Crippen LogP contribution in [-0.2, 0) is 6.54 Å². The molecule has 1 aromatic rings. The zero-order valence-corrected chi connectivity index (χ0v) is 13.6. The molecule has 0 aromatic carbocycles. The summed E-state index contributed by atoms with van der Waals surface area (Å²) in [6, 6.07) is 0. The maximum Gasteiger partial charge on any atom is 0.229 e. The number of nitrogens with zero attached hydrogens (tertiary/aromatic N) is 3. The molecule has 0 spiro atoms. The summed E-state index contributed by atoms with van der Waals surface area (Å²) in [6.07, 6.45) is 2.53. The van der Waals surface area contributed by atoms with E-state index in [4.69, 9.17) is 4.52 Å². The molecule has 1 fully saturated rings. The number of nitrogens with one attached hydrogen (secondary N) is 1. The lowest BCUT2D eigenvalue weighted by atomic mass is 9.97. The van der Waals surface area contributed by atoms with E-state index in [9.17, 15) is 0 Å². The molecule has 0 saturated carbocycles. The van der Waals surface area contributed by atoms with Gasteiger partial charge in [0.05, 0.1) is 6.54 Å². The Bertz CT molecular complexity index is 375. The van der Waals surface area contributed by atoms with Crippen LogP contribution in [0.4, 0.5) is 0 Å². The van der Waals surface area contributed by atoms with E-state index in [2.05, 4.69) is 41.1 Å². The molecule has 6 heteroatoms. The second kappa shape index (κ2) is 8.60. The van der Waals surface area contributed by atoms with E-state index in [-0.39, 0.29) is 12.4 Å². The third-order valence-electron chi connectivity index (χ3n) is 3.73. The maximum atomic E-state index is 5.24. The Hall–Kier alpha value is -0.650. The molecule has 20 heavy (non-hydrogen) atoms. The lowest BCUT2D eigenvalue weighted by Crippen LogP contribution is -2.37. The third-order valence-corrected chi connectivity index (χ3v) is 3.73. The van der Waals surface area contributed by atoms with Crippen molar-refractivity contribution in [2.24, 2.45) is 5.92 Å². The van der Waals surface area contributed by atoms with Crippen molar-refractivity contribution in [1.82, 2.24) is 20.4 Å². The molecule has 0 bridgehead atoms. The number of hydrogen-bond donors (Lipinski definition) is 1. The van der Waals surface area contributed by atoms with E-state index in [0.29, 0.717) is 5.92 Å². The summed E-state index contributed by atoms with van der Waals surface area (Å²) in [4.78, 5) is 6.87. The second-order valence-corrected chi connectivity index (χ2v) is 5.73. The number of rotatable bonds is 6. The number of hydrogen-bond acceptors (Lipinski definition) is 5. The summed E-state index contributed by atoms with van der Waals surface area (Å²) >= 11 is 0. The fourth-order valence-corrected chi connectivity index (χ4v) is 2.46. The highest BCUT2D eigenvalue weighted by Crippen LogP contribution is 2.18. The molecular formula is C14H27ClN4O. The van der Waals surface area contributed by atoms with Gasteiger partial charge in [0, 0.05) is 5.92 Å². The molecule has 116 valence electrons. The molecule has 2 heterocycles. The fourth-order valence-electron chi connectivity index (χ4n) is 2.46. The van der Waals surface area contributed by atoms with Gasteiger partial charge in [-0.1, -0.05) is 25.9 Å². The molecule has 1 aromatic heterocycles. The lowest BCUT2D eigenvalue weighted by molar-refractivity contribution is 0.170. The van der Waals surface area contributed by atoms with Crippen molar-refractivity contribution < 1.29 is 4.52 Å². The fraction of sp³-hybridized carbons (Fsp3) is 0.857. The van der Waals surface area contributed by atoms with Gasteiger partial charge in [-0.25, -0.2) is 0 Å². The smallest absolute Gasteiger partial charge is 0.229 e. The van der Waals surface area contributed by atoms with Crippen molar-refractivity contribution in [2.45, 2.75) is 46.1 Å². The van der Waals surface area contributed by atoms with Gasteiger partial charge < -0.3 is 9.84 Å².